The van der Waals surface area contributed by atoms with Gasteiger partial charge in [-0.05, 0) is 23.8 Å². The van der Waals surface area contributed by atoms with Crippen LogP contribution < -0.4 is 10.6 Å². The third kappa shape index (κ3) is 6.56. The minimum absolute atomic E-state index is 0.134. The lowest BCUT2D eigenvalue weighted by molar-refractivity contribution is -0.141. The molecular weight excluding hydrogens is 342 g/mol. The molecule has 0 aliphatic heterocycles. The number of nitrogens with one attached hydrogen (secondary N) is 2. The summed E-state index contributed by atoms with van der Waals surface area (Å²) in [6.45, 7) is -0.158. The standard InChI is InChI=1S/C17H17N3O4S/c1-24-17(23)11-19-15(22)10-12-2-4-13(5-3-12)20-14(21)6-7-16-18-8-9-25-16/h2-9H,10-11H2,1H3,(H,19,22)(H,20,21)/b7-6+. The second-order valence-electron chi connectivity index (χ2n) is 4.92. The Hall–Kier alpha value is -3.00. The maximum absolute atomic E-state index is 11.8. The van der Waals surface area contributed by atoms with Gasteiger partial charge in [-0.2, -0.15) is 0 Å². The maximum atomic E-state index is 11.8. The van der Waals surface area contributed by atoms with E-state index in [1.165, 1.54) is 24.5 Å². The van der Waals surface area contributed by atoms with E-state index in [1.54, 1.807) is 36.5 Å². The van der Waals surface area contributed by atoms with E-state index in [-0.39, 0.29) is 24.8 Å². The number of esters is 1. The highest BCUT2D eigenvalue weighted by atomic mass is 32.1. The van der Waals surface area contributed by atoms with Gasteiger partial charge in [-0.1, -0.05) is 12.1 Å². The molecule has 0 bridgehead atoms. The summed E-state index contributed by atoms with van der Waals surface area (Å²) in [6.07, 6.45) is 4.85. The molecule has 0 radical (unpaired) electrons. The van der Waals surface area contributed by atoms with E-state index in [2.05, 4.69) is 20.4 Å². The quantitative estimate of drug-likeness (QED) is 0.578. The lowest BCUT2D eigenvalue weighted by atomic mass is 10.1. The molecule has 1 aromatic heterocycles. The fourth-order valence-corrected chi connectivity index (χ4v) is 2.37. The fraction of sp³-hybridized carbons (Fsp3) is 0.176. The Balaban J connectivity index is 1.82. The predicted octanol–water partition coefficient (Wildman–Crippen LogP) is 1.63. The Bertz CT molecular complexity index is 755. The van der Waals surface area contributed by atoms with Gasteiger partial charge in [0.05, 0.1) is 13.5 Å². The summed E-state index contributed by atoms with van der Waals surface area (Å²) in [5.74, 6) is -1.05. The number of rotatable bonds is 7. The van der Waals surface area contributed by atoms with Gasteiger partial charge in [-0.15, -0.1) is 11.3 Å². The van der Waals surface area contributed by atoms with E-state index in [0.717, 1.165) is 10.6 Å². The van der Waals surface area contributed by atoms with Crippen LogP contribution in [-0.2, 0) is 25.5 Å². The molecule has 1 heterocycles. The van der Waals surface area contributed by atoms with Gasteiger partial charge in [0.15, 0.2) is 0 Å². The molecule has 2 N–H and O–H groups in total. The number of nitrogens with zero attached hydrogens (tertiary/aromatic N) is 1. The number of carbonyl (C=O) groups excluding carboxylic acids is 3. The third-order valence-electron chi connectivity index (χ3n) is 3.07. The van der Waals surface area contributed by atoms with Crippen molar-refractivity contribution >= 4 is 40.9 Å². The van der Waals surface area contributed by atoms with Gasteiger partial charge in [-0.25, -0.2) is 4.98 Å². The number of hydrogen-bond donors (Lipinski definition) is 2. The maximum Gasteiger partial charge on any atom is 0.325 e. The van der Waals surface area contributed by atoms with E-state index in [9.17, 15) is 14.4 Å². The minimum atomic E-state index is -0.503. The Morgan fingerprint density at radius 1 is 1.24 bits per heavy atom. The zero-order valence-corrected chi connectivity index (χ0v) is 14.3. The molecule has 0 aliphatic rings. The number of amides is 2. The van der Waals surface area contributed by atoms with Crippen LogP contribution in [-0.4, -0.2) is 36.4 Å². The van der Waals surface area contributed by atoms with Crippen LogP contribution in [0.4, 0.5) is 5.69 Å². The van der Waals surface area contributed by atoms with Gasteiger partial charge in [0.1, 0.15) is 11.6 Å². The van der Waals surface area contributed by atoms with Crippen molar-refractivity contribution in [2.45, 2.75) is 6.42 Å². The van der Waals surface area contributed by atoms with E-state index in [0.29, 0.717) is 5.69 Å². The van der Waals surface area contributed by atoms with Crippen molar-refractivity contribution < 1.29 is 19.1 Å². The average Bonchev–Trinajstić information content (AvgIpc) is 3.13. The first kappa shape index (κ1) is 18.3. The second kappa shape index (κ2) is 9.33. The van der Waals surface area contributed by atoms with Crippen LogP contribution in [0.1, 0.15) is 10.6 Å². The Labute approximate surface area is 148 Å². The van der Waals surface area contributed by atoms with Crippen LogP contribution >= 0.6 is 11.3 Å². The number of thiazole rings is 1. The molecule has 2 amide bonds. The number of anilines is 1. The first-order valence-corrected chi connectivity index (χ1v) is 8.26. The molecule has 0 spiro atoms. The molecule has 1 aromatic carbocycles. The summed E-state index contributed by atoms with van der Waals surface area (Å²) in [6, 6.07) is 6.88. The first-order valence-electron chi connectivity index (χ1n) is 7.38. The van der Waals surface area contributed by atoms with Crippen LogP contribution in [0.3, 0.4) is 0 Å². The van der Waals surface area contributed by atoms with E-state index in [4.69, 9.17) is 0 Å². The third-order valence-corrected chi connectivity index (χ3v) is 3.81. The lowest BCUT2D eigenvalue weighted by Gasteiger charge is -2.06. The van der Waals surface area contributed by atoms with Gasteiger partial charge in [0, 0.05) is 23.3 Å². The topological polar surface area (TPSA) is 97.4 Å². The fourth-order valence-electron chi connectivity index (χ4n) is 1.84. The van der Waals surface area contributed by atoms with Crippen molar-refractivity contribution in [1.29, 1.82) is 0 Å². The smallest absolute Gasteiger partial charge is 0.325 e. The van der Waals surface area contributed by atoms with Gasteiger partial charge in [0.2, 0.25) is 11.8 Å². The highest BCUT2D eigenvalue weighted by Gasteiger charge is 2.06. The molecule has 7 nitrogen and oxygen atoms in total. The number of carbonyl (C=O) groups is 3. The van der Waals surface area contributed by atoms with E-state index < -0.39 is 5.97 Å². The van der Waals surface area contributed by atoms with Crippen molar-refractivity contribution in [3.63, 3.8) is 0 Å². The summed E-state index contributed by atoms with van der Waals surface area (Å²) in [5.41, 5.74) is 1.38. The lowest BCUT2D eigenvalue weighted by Crippen LogP contribution is -2.31. The molecule has 0 saturated heterocycles. The van der Waals surface area contributed by atoms with Crippen molar-refractivity contribution in [2.24, 2.45) is 0 Å². The summed E-state index contributed by atoms with van der Waals surface area (Å²) in [5, 5.41) is 7.77. The van der Waals surface area contributed by atoms with Crippen molar-refractivity contribution in [2.75, 3.05) is 19.0 Å². The second-order valence-corrected chi connectivity index (χ2v) is 5.85. The Kier molecular flexibility index (Phi) is 6.85. The predicted molar refractivity (Wildman–Crippen MR) is 94.9 cm³/mol. The zero-order valence-electron chi connectivity index (χ0n) is 13.5. The van der Waals surface area contributed by atoms with Crippen LogP contribution in [0, 0.1) is 0 Å². The molecule has 25 heavy (non-hydrogen) atoms. The van der Waals surface area contributed by atoms with E-state index >= 15 is 0 Å². The largest absolute Gasteiger partial charge is 0.468 e. The van der Waals surface area contributed by atoms with Gasteiger partial charge in [-0.3, -0.25) is 14.4 Å². The first-order chi connectivity index (χ1) is 12.1. The van der Waals surface area contributed by atoms with Crippen LogP contribution in [0.15, 0.2) is 41.9 Å². The number of ether oxygens (including phenoxy) is 1. The van der Waals surface area contributed by atoms with Crippen LogP contribution in [0.2, 0.25) is 0 Å². The SMILES string of the molecule is COC(=O)CNC(=O)Cc1ccc(NC(=O)/C=C/c2nccs2)cc1. The highest BCUT2D eigenvalue weighted by molar-refractivity contribution is 7.10. The van der Waals surface area contributed by atoms with Crippen molar-refractivity contribution in [1.82, 2.24) is 10.3 Å². The van der Waals surface area contributed by atoms with Gasteiger partial charge < -0.3 is 15.4 Å². The molecule has 0 aliphatic carbocycles. The van der Waals surface area contributed by atoms with Crippen molar-refractivity contribution in [3.8, 4) is 0 Å². The zero-order chi connectivity index (χ0) is 18.1. The molecular formula is C17H17N3O4S. The highest BCUT2D eigenvalue weighted by Crippen LogP contribution is 2.11. The van der Waals surface area contributed by atoms with E-state index in [1.807, 2.05) is 5.38 Å². The minimum Gasteiger partial charge on any atom is -0.468 e. The molecule has 0 fully saturated rings. The summed E-state index contributed by atoms with van der Waals surface area (Å²) >= 11 is 1.44. The number of benzene rings is 1. The van der Waals surface area contributed by atoms with Gasteiger partial charge >= 0.3 is 5.97 Å². The molecule has 8 heteroatoms. The van der Waals surface area contributed by atoms with Crippen molar-refractivity contribution in [3.05, 3.63) is 52.5 Å². The average molecular weight is 359 g/mol. The summed E-state index contributed by atoms with van der Waals surface area (Å²) in [7, 11) is 1.26. The number of aromatic nitrogens is 1. The molecule has 0 atom stereocenters. The van der Waals surface area contributed by atoms with Gasteiger partial charge in [0.25, 0.3) is 0 Å². The normalized spacial score (nSPS) is 10.4. The molecule has 0 saturated carbocycles. The molecule has 0 unspecified atom stereocenters. The van der Waals surface area contributed by atoms with Crippen LogP contribution in [0.5, 0.6) is 0 Å². The number of methoxy groups -OCH3 is 1. The summed E-state index contributed by atoms with van der Waals surface area (Å²) in [4.78, 5) is 38.5. The Morgan fingerprint density at radius 3 is 2.64 bits per heavy atom. The molecule has 130 valence electrons. The summed E-state index contributed by atoms with van der Waals surface area (Å²) < 4.78 is 4.44. The molecule has 2 aromatic rings. The Morgan fingerprint density at radius 2 is 2.00 bits per heavy atom. The monoisotopic (exact) mass is 359 g/mol. The number of hydrogen-bond acceptors (Lipinski definition) is 6. The van der Waals surface area contributed by atoms with Crippen LogP contribution in [0.25, 0.3) is 6.08 Å². The molecule has 2 rings (SSSR count).